The normalized spacial score (nSPS) is 21.9. The largest absolute Gasteiger partial charge is 0.374 e. The fourth-order valence-electron chi connectivity index (χ4n) is 4.02. The third-order valence-electron chi connectivity index (χ3n) is 5.57. The van der Waals surface area contributed by atoms with Gasteiger partial charge in [0.1, 0.15) is 5.82 Å². The molecule has 1 aromatic rings. The van der Waals surface area contributed by atoms with Crippen LogP contribution in [0.4, 0.5) is 4.39 Å². The topological polar surface area (TPSA) is 44.8 Å². The lowest BCUT2D eigenvalue weighted by Crippen LogP contribution is -2.49. The van der Waals surface area contributed by atoms with Crippen LogP contribution in [0.5, 0.6) is 0 Å². The zero-order valence-corrected chi connectivity index (χ0v) is 17.4. The average molecular weight is 392 g/mol. The van der Waals surface area contributed by atoms with Crippen LogP contribution in [-0.4, -0.2) is 67.2 Å². The molecule has 1 aliphatic heterocycles. The Hall–Kier alpha value is -1.50. The molecule has 2 aliphatic rings. The summed E-state index contributed by atoms with van der Waals surface area (Å²) in [6.45, 7) is 10.8. The molecule has 1 saturated heterocycles. The predicted octanol–water partition coefficient (Wildman–Crippen LogP) is 2.82. The van der Waals surface area contributed by atoms with Gasteiger partial charge in [-0.25, -0.2) is 4.39 Å². The summed E-state index contributed by atoms with van der Waals surface area (Å²) < 4.78 is 20.0. The third kappa shape index (κ3) is 6.00. The number of morpholine rings is 1. The number of hydrogen-bond donors (Lipinski definition) is 1. The fourth-order valence-corrected chi connectivity index (χ4v) is 4.02. The molecule has 2 unspecified atom stereocenters. The molecule has 2 atom stereocenters. The molecule has 1 aliphatic carbocycles. The Kier molecular flexibility index (Phi) is 7.43. The molecule has 3 rings (SSSR count). The molecule has 6 heteroatoms. The highest BCUT2D eigenvalue weighted by atomic mass is 19.1. The van der Waals surface area contributed by atoms with Gasteiger partial charge in [-0.15, -0.1) is 0 Å². The lowest BCUT2D eigenvalue weighted by Gasteiger charge is -2.34. The Morgan fingerprint density at radius 3 is 2.75 bits per heavy atom. The van der Waals surface area contributed by atoms with Gasteiger partial charge in [0.2, 0.25) is 5.91 Å². The van der Waals surface area contributed by atoms with Crippen LogP contribution >= 0.6 is 0 Å². The average Bonchev–Trinajstić information content (AvgIpc) is 3.49. The second-order valence-electron chi connectivity index (χ2n) is 8.55. The summed E-state index contributed by atoms with van der Waals surface area (Å²) in [5, 5.41) is 3.03. The Morgan fingerprint density at radius 1 is 1.32 bits per heavy atom. The summed E-state index contributed by atoms with van der Waals surface area (Å²) in [6, 6.07) is 7.10. The summed E-state index contributed by atoms with van der Waals surface area (Å²) in [5.74, 6) is 0.405. The smallest absolute Gasteiger partial charge is 0.234 e. The highest BCUT2D eigenvalue weighted by Crippen LogP contribution is 2.34. The Morgan fingerprint density at radius 2 is 2.07 bits per heavy atom. The minimum atomic E-state index is -0.207. The van der Waals surface area contributed by atoms with Gasteiger partial charge in [0.05, 0.1) is 19.3 Å². The predicted molar refractivity (Wildman–Crippen MR) is 109 cm³/mol. The quantitative estimate of drug-likeness (QED) is 0.703. The summed E-state index contributed by atoms with van der Waals surface area (Å²) >= 11 is 0. The first-order valence-corrected chi connectivity index (χ1v) is 10.5. The molecule has 1 N–H and O–H groups in total. The molecule has 2 fully saturated rings. The van der Waals surface area contributed by atoms with Crippen molar-refractivity contribution in [2.45, 2.75) is 51.8 Å². The van der Waals surface area contributed by atoms with Crippen molar-refractivity contribution in [1.29, 1.82) is 0 Å². The molecule has 156 valence electrons. The number of halogens is 1. The molecule has 0 aromatic heterocycles. The molecule has 1 heterocycles. The first-order valence-electron chi connectivity index (χ1n) is 10.5. The van der Waals surface area contributed by atoms with E-state index in [-0.39, 0.29) is 23.9 Å². The molecule has 0 spiro atoms. The van der Waals surface area contributed by atoms with Crippen molar-refractivity contribution in [2.75, 3.05) is 39.3 Å². The summed E-state index contributed by atoms with van der Waals surface area (Å²) in [4.78, 5) is 17.1. The summed E-state index contributed by atoms with van der Waals surface area (Å²) in [7, 11) is 0. The molecule has 0 radical (unpaired) electrons. The monoisotopic (exact) mass is 391 g/mol. The van der Waals surface area contributed by atoms with E-state index >= 15 is 0 Å². The molecule has 28 heavy (non-hydrogen) atoms. The molecular weight excluding hydrogens is 357 g/mol. The van der Waals surface area contributed by atoms with E-state index in [2.05, 4.69) is 29.0 Å². The van der Waals surface area contributed by atoms with Crippen molar-refractivity contribution in [3.8, 4) is 0 Å². The van der Waals surface area contributed by atoms with Gasteiger partial charge in [0.25, 0.3) is 0 Å². The van der Waals surface area contributed by atoms with Gasteiger partial charge in [-0.1, -0.05) is 32.0 Å². The maximum absolute atomic E-state index is 14.2. The van der Waals surface area contributed by atoms with Crippen LogP contribution in [0.2, 0.25) is 0 Å². The zero-order chi connectivity index (χ0) is 20.1. The minimum absolute atomic E-state index is 0.0142. The molecular formula is C22H34FN3O2. The lowest BCUT2D eigenvalue weighted by atomic mass is 10.1. The van der Waals surface area contributed by atoms with E-state index in [0.29, 0.717) is 37.2 Å². The van der Waals surface area contributed by atoms with E-state index in [1.54, 1.807) is 6.07 Å². The molecule has 5 nitrogen and oxygen atoms in total. The number of ether oxygens (including phenoxy) is 1. The van der Waals surface area contributed by atoms with Gasteiger partial charge >= 0.3 is 0 Å². The summed E-state index contributed by atoms with van der Waals surface area (Å²) in [6.07, 6.45) is 2.18. The fraction of sp³-hybridized carbons (Fsp3) is 0.682. The van der Waals surface area contributed by atoms with Crippen molar-refractivity contribution in [2.24, 2.45) is 5.92 Å². The maximum atomic E-state index is 14.2. The van der Waals surface area contributed by atoms with E-state index in [1.165, 1.54) is 6.07 Å². The number of amides is 1. The molecule has 0 bridgehead atoms. The van der Waals surface area contributed by atoms with Crippen LogP contribution in [0.3, 0.4) is 0 Å². The summed E-state index contributed by atoms with van der Waals surface area (Å²) in [5.41, 5.74) is 0.655. The molecule has 1 saturated carbocycles. The van der Waals surface area contributed by atoms with Gasteiger partial charge < -0.3 is 10.1 Å². The van der Waals surface area contributed by atoms with Crippen LogP contribution in [0.25, 0.3) is 0 Å². The van der Waals surface area contributed by atoms with Crippen LogP contribution < -0.4 is 5.32 Å². The number of benzene rings is 1. The van der Waals surface area contributed by atoms with Crippen LogP contribution in [0.15, 0.2) is 24.3 Å². The Balaban J connectivity index is 1.50. The molecule has 1 aromatic carbocycles. The van der Waals surface area contributed by atoms with Crippen molar-refractivity contribution >= 4 is 5.91 Å². The van der Waals surface area contributed by atoms with Gasteiger partial charge in [-0.2, -0.15) is 0 Å². The highest BCUT2D eigenvalue weighted by molar-refractivity contribution is 5.78. The van der Waals surface area contributed by atoms with E-state index in [4.69, 9.17) is 4.74 Å². The van der Waals surface area contributed by atoms with Crippen molar-refractivity contribution in [3.05, 3.63) is 35.6 Å². The van der Waals surface area contributed by atoms with E-state index in [1.807, 2.05) is 19.1 Å². The van der Waals surface area contributed by atoms with Gasteiger partial charge in [-0.3, -0.25) is 14.6 Å². The van der Waals surface area contributed by atoms with E-state index in [9.17, 15) is 9.18 Å². The second-order valence-corrected chi connectivity index (χ2v) is 8.55. The van der Waals surface area contributed by atoms with E-state index < -0.39 is 0 Å². The highest BCUT2D eigenvalue weighted by Gasteiger charge is 2.35. The zero-order valence-electron chi connectivity index (χ0n) is 17.4. The van der Waals surface area contributed by atoms with E-state index in [0.717, 1.165) is 32.5 Å². The standard InChI is InChI=1S/C22H34FN3O2/c1-16(2)13-25-10-11-28-19(14-25)12-24-22(27)15-26(18-8-9-18)17(3)20-6-4-5-7-21(20)23/h4-7,16-19H,8-15H2,1-3H3,(H,24,27). The Labute approximate surface area is 168 Å². The maximum Gasteiger partial charge on any atom is 0.234 e. The van der Waals surface area contributed by atoms with Crippen LogP contribution in [0, 0.1) is 11.7 Å². The first-order chi connectivity index (χ1) is 13.4. The number of nitrogens with zero attached hydrogens (tertiary/aromatic N) is 2. The lowest BCUT2D eigenvalue weighted by molar-refractivity contribution is -0.124. The second kappa shape index (κ2) is 9.81. The first kappa shape index (κ1) is 21.2. The van der Waals surface area contributed by atoms with Crippen molar-refractivity contribution < 1.29 is 13.9 Å². The number of nitrogens with one attached hydrogen (secondary N) is 1. The number of hydrogen-bond acceptors (Lipinski definition) is 4. The van der Waals surface area contributed by atoms with Crippen LogP contribution in [0.1, 0.15) is 45.2 Å². The number of carbonyl (C=O) groups is 1. The molecule has 1 amide bonds. The minimum Gasteiger partial charge on any atom is -0.374 e. The van der Waals surface area contributed by atoms with Gasteiger partial charge in [0, 0.05) is 43.8 Å². The Bertz CT molecular complexity index is 650. The van der Waals surface area contributed by atoms with Crippen molar-refractivity contribution in [1.82, 2.24) is 15.1 Å². The SMILES string of the molecule is CC(C)CN1CCOC(CNC(=O)CN(C2CC2)C(C)c2ccccc2F)C1. The third-order valence-corrected chi connectivity index (χ3v) is 5.57. The van der Waals surface area contributed by atoms with Gasteiger partial charge in [-0.05, 0) is 31.7 Å². The number of rotatable bonds is 9. The van der Waals surface area contributed by atoms with Crippen molar-refractivity contribution in [3.63, 3.8) is 0 Å². The number of carbonyl (C=O) groups excluding carboxylic acids is 1. The van der Waals surface area contributed by atoms with Crippen LogP contribution in [-0.2, 0) is 9.53 Å². The van der Waals surface area contributed by atoms with Gasteiger partial charge in [0.15, 0.2) is 0 Å².